The van der Waals surface area contributed by atoms with E-state index >= 15 is 0 Å². The molecule has 2 aliphatic rings. The number of rotatable bonds is 8. The van der Waals surface area contributed by atoms with Gasteiger partial charge in [0.1, 0.15) is 17.5 Å². The van der Waals surface area contributed by atoms with E-state index in [1.807, 2.05) is 37.3 Å². The average Bonchev–Trinajstić information content (AvgIpc) is 3.29. The molecule has 1 amide bonds. The fraction of sp³-hybridized carbons (Fsp3) is 0.333. The van der Waals surface area contributed by atoms with Crippen LogP contribution in [0.2, 0.25) is 0 Å². The van der Waals surface area contributed by atoms with Gasteiger partial charge in [0, 0.05) is 18.7 Å². The number of hydrogen-bond acceptors (Lipinski definition) is 9. The van der Waals surface area contributed by atoms with E-state index in [2.05, 4.69) is 4.99 Å². The van der Waals surface area contributed by atoms with E-state index in [9.17, 15) is 14.4 Å². The first-order valence-corrected chi connectivity index (χ1v) is 14.1. The second kappa shape index (κ2) is 12.5. The van der Waals surface area contributed by atoms with E-state index in [1.165, 1.54) is 23.0 Å². The summed E-state index contributed by atoms with van der Waals surface area (Å²) in [4.78, 5) is 46.1. The first kappa shape index (κ1) is 28.3. The van der Waals surface area contributed by atoms with Gasteiger partial charge in [0.25, 0.3) is 11.5 Å². The van der Waals surface area contributed by atoms with Gasteiger partial charge in [-0.25, -0.2) is 9.79 Å². The highest BCUT2D eigenvalue weighted by molar-refractivity contribution is 7.07. The molecule has 5 rings (SSSR count). The maximum absolute atomic E-state index is 13.9. The normalized spacial score (nSPS) is 17.1. The fourth-order valence-electron chi connectivity index (χ4n) is 4.87. The zero-order valence-corrected chi connectivity index (χ0v) is 23.9. The van der Waals surface area contributed by atoms with Crippen LogP contribution in [0.15, 0.2) is 69.6 Å². The highest BCUT2D eigenvalue weighted by Gasteiger charge is 2.34. The van der Waals surface area contributed by atoms with E-state index in [0.29, 0.717) is 65.0 Å². The lowest BCUT2D eigenvalue weighted by molar-refractivity contribution is -0.137. The standard InChI is InChI=1S/C30H31N3O7S/c1-4-39-23-11-6-5-10-22(23)27-26(29(36)37-3)19(2)31-30-33(27)28(35)24(41-30)17-20-8-7-9-21(16-20)40-18-25(34)32-12-14-38-15-13-32/h5-11,16-17,27H,4,12-15,18H2,1-3H3/t27-/m0/s1. The van der Waals surface area contributed by atoms with Crippen LogP contribution in [0, 0.1) is 0 Å². The first-order chi connectivity index (χ1) is 19.9. The van der Waals surface area contributed by atoms with Gasteiger partial charge in [0.15, 0.2) is 11.4 Å². The number of morpholine rings is 1. The number of esters is 1. The molecule has 1 fully saturated rings. The van der Waals surface area contributed by atoms with Crippen LogP contribution in [0.1, 0.15) is 31.0 Å². The van der Waals surface area contributed by atoms with Crippen molar-refractivity contribution in [2.24, 2.45) is 4.99 Å². The van der Waals surface area contributed by atoms with Crippen molar-refractivity contribution in [3.05, 3.63) is 90.6 Å². The molecule has 3 aromatic rings. The summed E-state index contributed by atoms with van der Waals surface area (Å²) in [5.74, 6) is 0.423. The number of amides is 1. The summed E-state index contributed by atoms with van der Waals surface area (Å²) in [5, 5.41) is 0. The molecule has 0 spiro atoms. The molecule has 0 unspecified atom stereocenters. The highest BCUT2D eigenvalue weighted by atomic mass is 32.1. The lowest BCUT2D eigenvalue weighted by Crippen LogP contribution is -2.42. The molecule has 10 nitrogen and oxygen atoms in total. The third-order valence-electron chi connectivity index (χ3n) is 6.82. The Morgan fingerprint density at radius 2 is 1.90 bits per heavy atom. The van der Waals surface area contributed by atoms with E-state index in [4.69, 9.17) is 18.9 Å². The molecule has 1 aromatic heterocycles. The van der Waals surface area contributed by atoms with E-state index in [1.54, 1.807) is 36.1 Å². The van der Waals surface area contributed by atoms with Crippen molar-refractivity contribution in [3.63, 3.8) is 0 Å². The zero-order valence-electron chi connectivity index (χ0n) is 23.1. The van der Waals surface area contributed by atoms with Crippen LogP contribution < -0.4 is 24.4 Å². The predicted molar refractivity (Wildman–Crippen MR) is 153 cm³/mol. The van der Waals surface area contributed by atoms with E-state index < -0.39 is 12.0 Å². The minimum Gasteiger partial charge on any atom is -0.494 e. The molecule has 214 valence electrons. The van der Waals surface area contributed by atoms with Crippen molar-refractivity contribution < 1.29 is 28.5 Å². The van der Waals surface area contributed by atoms with E-state index in [0.717, 1.165) is 5.56 Å². The SMILES string of the molecule is CCOc1ccccc1[C@H]1C(C(=O)OC)=C(C)N=c2sc(=Cc3cccc(OCC(=O)N4CCOCC4)c3)c(=O)n21. The number of benzene rings is 2. The Kier molecular flexibility index (Phi) is 8.65. The number of carbonyl (C=O) groups is 2. The topological polar surface area (TPSA) is 109 Å². The Hall–Kier alpha value is -4.22. The Morgan fingerprint density at radius 1 is 1.12 bits per heavy atom. The average molecular weight is 578 g/mol. The molecule has 0 aliphatic carbocycles. The first-order valence-electron chi connectivity index (χ1n) is 13.3. The molecule has 3 heterocycles. The monoisotopic (exact) mass is 577 g/mol. The van der Waals surface area contributed by atoms with Gasteiger partial charge in [-0.3, -0.25) is 14.2 Å². The maximum Gasteiger partial charge on any atom is 0.338 e. The minimum absolute atomic E-state index is 0.0829. The van der Waals surface area contributed by atoms with Gasteiger partial charge in [-0.1, -0.05) is 41.7 Å². The summed E-state index contributed by atoms with van der Waals surface area (Å²) in [5.41, 5.74) is 1.84. The summed E-state index contributed by atoms with van der Waals surface area (Å²) in [6, 6.07) is 13.8. The van der Waals surface area contributed by atoms with Crippen LogP contribution in [0.4, 0.5) is 0 Å². The second-order valence-corrected chi connectivity index (χ2v) is 10.4. The molecule has 0 N–H and O–H groups in total. The number of aromatic nitrogens is 1. The Balaban J connectivity index is 1.51. The molecule has 11 heteroatoms. The van der Waals surface area contributed by atoms with Crippen LogP contribution >= 0.6 is 11.3 Å². The van der Waals surface area contributed by atoms with Gasteiger partial charge < -0.3 is 23.8 Å². The highest BCUT2D eigenvalue weighted by Crippen LogP contribution is 2.35. The van der Waals surface area contributed by atoms with Gasteiger partial charge in [0.05, 0.1) is 42.7 Å². The molecule has 1 atom stereocenters. The molecule has 0 bridgehead atoms. The number of allylic oxidation sites excluding steroid dienone is 1. The van der Waals surface area contributed by atoms with Crippen molar-refractivity contribution in [3.8, 4) is 11.5 Å². The lowest BCUT2D eigenvalue weighted by Gasteiger charge is -2.26. The molecule has 2 aromatic carbocycles. The Bertz CT molecular complexity index is 1670. The van der Waals surface area contributed by atoms with Crippen LogP contribution in [0.5, 0.6) is 11.5 Å². The van der Waals surface area contributed by atoms with Gasteiger partial charge in [0.2, 0.25) is 0 Å². The van der Waals surface area contributed by atoms with Gasteiger partial charge >= 0.3 is 5.97 Å². The summed E-state index contributed by atoms with van der Waals surface area (Å²) in [6.45, 7) is 6.10. The second-order valence-electron chi connectivity index (χ2n) is 9.40. The third-order valence-corrected chi connectivity index (χ3v) is 7.81. The van der Waals surface area contributed by atoms with Crippen LogP contribution in [-0.2, 0) is 19.1 Å². The lowest BCUT2D eigenvalue weighted by atomic mass is 9.95. The van der Waals surface area contributed by atoms with Crippen molar-refractivity contribution in [2.75, 3.05) is 46.6 Å². The van der Waals surface area contributed by atoms with Crippen molar-refractivity contribution in [1.82, 2.24) is 9.47 Å². The van der Waals surface area contributed by atoms with Crippen molar-refractivity contribution >= 4 is 29.3 Å². The van der Waals surface area contributed by atoms with Gasteiger partial charge in [-0.05, 0) is 43.7 Å². The van der Waals surface area contributed by atoms with Crippen molar-refractivity contribution in [1.29, 1.82) is 0 Å². The van der Waals surface area contributed by atoms with Gasteiger partial charge in [-0.15, -0.1) is 0 Å². The molecular formula is C30H31N3O7S. The number of ether oxygens (including phenoxy) is 4. The smallest absolute Gasteiger partial charge is 0.338 e. The number of thiazole rings is 1. The molecule has 2 aliphatic heterocycles. The summed E-state index contributed by atoms with van der Waals surface area (Å²) in [7, 11) is 1.31. The fourth-order valence-corrected chi connectivity index (χ4v) is 5.92. The summed E-state index contributed by atoms with van der Waals surface area (Å²) in [6.07, 6.45) is 1.75. The van der Waals surface area contributed by atoms with Crippen LogP contribution in [0.3, 0.4) is 0 Å². The van der Waals surface area contributed by atoms with Crippen LogP contribution in [0.25, 0.3) is 6.08 Å². The predicted octanol–water partition coefficient (Wildman–Crippen LogP) is 2.04. The number of methoxy groups -OCH3 is 1. The third kappa shape index (κ3) is 5.96. The minimum atomic E-state index is -0.774. The maximum atomic E-state index is 13.9. The Morgan fingerprint density at radius 3 is 2.66 bits per heavy atom. The van der Waals surface area contributed by atoms with Crippen molar-refractivity contribution in [2.45, 2.75) is 19.9 Å². The largest absolute Gasteiger partial charge is 0.494 e. The summed E-state index contributed by atoms with van der Waals surface area (Å²) >= 11 is 1.23. The number of fused-ring (bicyclic) bond motifs is 1. The van der Waals surface area contributed by atoms with E-state index in [-0.39, 0.29) is 23.6 Å². The number of hydrogen-bond donors (Lipinski definition) is 0. The quantitative estimate of drug-likeness (QED) is 0.377. The molecule has 41 heavy (non-hydrogen) atoms. The molecule has 1 saturated heterocycles. The molecule has 0 radical (unpaired) electrons. The zero-order chi connectivity index (χ0) is 28.9. The Labute approximate surface area is 240 Å². The number of carbonyl (C=O) groups excluding carboxylic acids is 2. The molecule has 0 saturated carbocycles. The number of para-hydroxylation sites is 1. The van der Waals surface area contributed by atoms with Gasteiger partial charge in [-0.2, -0.15) is 0 Å². The summed E-state index contributed by atoms with van der Waals surface area (Å²) < 4.78 is 24.0. The molecular weight excluding hydrogens is 546 g/mol. The van der Waals surface area contributed by atoms with Crippen LogP contribution in [-0.4, -0.2) is 68.0 Å². The number of nitrogens with zero attached hydrogens (tertiary/aromatic N) is 3.